The smallest absolute Gasteiger partial charge is 0.231 e. The van der Waals surface area contributed by atoms with Crippen LogP contribution in [0.4, 0.5) is 0 Å². The zero-order valence-electron chi connectivity index (χ0n) is 16.4. The van der Waals surface area contributed by atoms with Gasteiger partial charge in [0.25, 0.3) is 0 Å². The highest BCUT2D eigenvalue weighted by Gasteiger charge is 2.20. The summed E-state index contributed by atoms with van der Waals surface area (Å²) in [6.45, 7) is 4.33. The molecule has 0 aliphatic carbocycles. The van der Waals surface area contributed by atoms with Crippen molar-refractivity contribution in [1.82, 2.24) is 14.8 Å². The van der Waals surface area contributed by atoms with Crippen molar-refractivity contribution in [3.05, 3.63) is 48.0 Å². The first-order valence-electron chi connectivity index (χ1n) is 9.22. The third-order valence-corrected chi connectivity index (χ3v) is 5.50. The fraction of sp³-hybridized carbons (Fsp3) is 0.286. The molecule has 0 spiro atoms. The molecule has 1 aliphatic rings. The predicted octanol–water partition coefficient (Wildman–Crippen LogP) is 4.24. The summed E-state index contributed by atoms with van der Waals surface area (Å²) in [7, 11) is 1.64. The first-order chi connectivity index (χ1) is 14.1. The minimum atomic E-state index is -0.00222. The second-order valence-corrected chi connectivity index (χ2v) is 7.72. The molecule has 1 aliphatic heterocycles. The van der Waals surface area contributed by atoms with Gasteiger partial charge in [-0.25, -0.2) is 0 Å². The Morgan fingerprint density at radius 2 is 1.90 bits per heavy atom. The molecule has 0 saturated heterocycles. The van der Waals surface area contributed by atoms with Crippen molar-refractivity contribution in [3.63, 3.8) is 0 Å². The zero-order chi connectivity index (χ0) is 20.4. The Morgan fingerprint density at radius 3 is 2.62 bits per heavy atom. The van der Waals surface area contributed by atoms with E-state index in [1.54, 1.807) is 25.3 Å². The first kappa shape index (κ1) is 19.3. The van der Waals surface area contributed by atoms with Crippen molar-refractivity contribution >= 4 is 17.5 Å². The van der Waals surface area contributed by atoms with Crippen molar-refractivity contribution < 1.29 is 19.0 Å². The normalized spacial score (nSPS) is 12.4. The molecule has 0 fully saturated rings. The van der Waals surface area contributed by atoms with E-state index in [0.717, 1.165) is 17.1 Å². The number of thioether (sulfide) groups is 1. The summed E-state index contributed by atoms with van der Waals surface area (Å²) < 4.78 is 17.9. The predicted molar refractivity (Wildman–Crippen MR) is 110 cm³/mol. The van der Waals surface area contributed by atoms with Crippen LogP contribution in [0.3, 0.4) is 0 Å². The zero-order valence-corrected chi connectivity index (χ0v) is 17.2. The van der Waals surface area contributed by atoms with Gasteiger partial charge < -0.3 is 14.2 Å². The number of ketones is 1. The quantitative estimate of drug-likeness (QED) is 0.425. The molecule has 0 bridgehead atoms. The minimum Gasteiger partial charge on any atom is -0.497 e. The second kappa shape index (κ2) is 8.16. The first-order valence-corrected chi connectivity index (χ1v) is 10.2. The summed E-state index contributed by atoms with van der Waals surface area (Å²) in [4.78, 5) is 12.7. The summed E-state index contributed by atoms with van der Waals surface area (Å²) in [6, 6.07) is 13.1. The van der Waals surface area contributed by atoms with Crippen LogP contribution in [-0.4, -0.2) is 40.2 Å². The van der Waals surface area contributed by atoms with Crippen LogP contribution in [0.2, 0.25) is 0 Å². The summed E-state index contributed by atoms with van der Waals surface area (Å²) >= 11 is 1.38. The van der Waals surface area contributed by atoms with Gasteiger partial charge in [-0.1, -0.05) is 11.8 Å². The van der Waals surface area contributed by atoms with Gasteiger partial charge in [0.1, 0.15) is 5.75 Å². The van der Waals surface area contributed by atoms with E-state index in [0.29, 0.717) is 22.2 Å². The molecular weight excluding hydrogens is 390 g/mol. The lowest BCUT2D eigenvalue weighted by atomic mass is 10.1. The third-order valence-electron chi connectivity index (χ3n) is 4.56. The molecule has 0 atom stereocenters. The Balaban J connectivity index is 1.52. The summed E-state index contributed by atoms with van der Waals surface area (Å²) in [6.07, 6.45) is 0. The number of carbonyl (C=O) groups excluding carboxylic acids is 1. The van der Waals surface area contributed by atoms with Crippen LogP contribution in [0.1, 0.15) is 30.2 Å². The Morgan fingerprint density at radius 1 is 1.14 bits per heavy atom. The van der Waals surface area contributed by atoms with Crippen molar-refractivity contribution in [1.29, 1.82) is 0 Å². The largest absolute Gasteiger partial charge is 0.497 e. The molecule has 29 heavy (non-hydrogen) atoms. The minimum absolute atomic E-state index is 0.00222. The number of rotatable bonds is 7. The Kier molecular flexibility index (Phi) is 5.44. The van der Waals surface area contributed by atoms with Gasteiger partial charge in [-0.2, -0.15) is 0 Å². The van der Waals surface area contributed by atoms with Gasteiger partial charge in [0.2, 0.25) is 6.79 Å². The van der Waals surface area contributed by atoms with Gasteiger partial charge in [-0.15, -0.1) is 10.2 Å². The van der Waals surface area contributed by atoms with Crippen LogP contribution in [0.25, 0.3) is 11.4 Å². The fourth-order valence-corrected chi connectivity index (χ4v) is 4.02. The number of aromatic nitrogens is 3. The van der Waals surface area contributed by atoms with Crippen LogP contribution in [0, 0.1) is 0 Å². The number of ether oxygens (including phenoxy) is 3. The molecule has 2 aromatic carbocycles. The van der Waals surface area contributed by atoms with Crippen LogP contribution in [0.5, 0.6) is 17.2 Å². The Bertz CT molecular complexity index is 1030. The lowest BCUT2D eigenvalue weighted by Crippen LogP contribution is -2.07. The van der Waals surface area contributed by atoms with E-state index in [2.05, 4.69) is 24.0 Å². The number of hydrogen-bond donors (Lipinski definition) is 0. The Labute approximate surface area is 173 Å². The van der Waals surface area contributed by atoms with Crippen molar-refractivity contribution in [3.8, 4) is 28.6 Å². The summed E-state index contributed by atoms with van der Waals surface area (Å²) in [5.41, 5.74) is 1.54. The number of benzene rings is 2. The number of nitrogens with zero attached hydrogens (tertiary/aromatic N) is 3. The highest BCUT2D eigenvalue weighted by molar-refractivity contribution is 7.99. The van der Waals surface area contributed by atoms with Crippen LogP contribution in [0.15, 0.2) is 47.6 Å². The summed E-state index contributed by atoms with van der Waals surface area (Å²) in [5.74, 6) is 3.07. The molecule has 2 heterocycles. The molecule has 0 saturated carbocycles. The number of fused-ring (bicyclic) bond motifs is 1. The second-order valence-electron chi connectivity index (χ2n) is 6.78. The molecule has 0 amide bonds. The van der Waals surface area contributed by atoms with Gasteiger partial charge in [-0.05, 0) is 56.3 Å². The molecule has 0 radical (unpaired) electrons. The van der Waals surface area contributed by atoms with Gasteiger partial charge in [0, 0.05) is 17.2 Å². The van der Waals surface area contributed by atoms with Crippen LogP contribution >= 0.6 is 11.8 Å². The maximum Gasteiger partial charge on any atom is 0.231 e. The maximum absolute atomic E-state index is 12.7. The van der Waals surface area contributed by atoms with Gasteiger partial charge >= 0.3 is 0 Å². The molecule has 7 nitrogen and oxygen atoms in total. The van der Waals surface area contributed by atoms with E-state index in [-0.39, 0.29) is 24.4 Å². The van der Waals surface area contributed by atoms with E-state index in [9.17, 15) is 4.79 Å². The molecule has 4 rings (SSSR count). The van der Waals surface area contributed by atoms with Crippen LogP contribution in [-0.2, 0) is 0 Å². The van der Waals surface area contributed by atoms with E-state index < -0.39 is 0 Å². The van der Waals surface area contributed by atoms with Crippen molar-refractivity contribution in [2.45, 2.75) is 25.0 Å². The number of carbonyl (C=O) groups is 1. The van der Waals surface area contributed by atoms with Crippen molar-refractivity contribution in [2.75, 3.05) is 19.7 Å². The van der Waals surface area contributed by atoms with Gasteiger partial charge in [0.15, 0.2) is 28.3 Å². The molecule has 1 aromatic heterocycles. The average Bonchev–Trinajstić information content (AvgIpc) is 3.38. The van der Waals surface area contributed by atoms with E-state index in [1.807, 2.05) is 28.8 Å². The molecular formula is C21H21N3O4S. The van der Waals surface area contributed by atoms with Crippen molar-refractivity contribution in [2.24, 2.45) is 0 Å². The lowest BCUT2D eigenvalue weighted by Gasteiger charge is -2.14. The van der Waals surface area contributed by atoms with Gasteiger partial charge in [0.05, 0.1) is 12.9 Å². The molecule has 0 unspecified atom stereocenters. The highest BCUT2D eigenvalue weighted by atomic mass is 32.2. The number of Topliss-reactive ketones (excluding diaryl/α,β-unsaturated/α-hetero) is 1. The molecule has 8 heteroatoms. The number of hydrogen-bond acceptors (Lipinski definition) is 7. The SMILES string of the molecule is COc1ccc(-c2nnc(SCC(=O)c3ccc4c(c3)OCO4)n2C(C)C)cc1. The fourth-order valence-electron chi connectivity index (χ4n) is 3.06. The molecule has 3 aromatic rings. The monoisotopic (exact) mass is 411 g/mol. The highest BCUT2D eigenvalue weighted by Crippen LogP contribution is 2.33. The van der Waals surface area contributed by atoms with Crippen LogP contribution < -0.4 is 14.2 Å². The van der Waals surface area contributed by atoms with Gasteiger partial charge in [-0.3, -0.25) is 9.36 Å². The lowest BCUT2D eigenvalue weighted by molar-refractivity contribution is 0.102. The molecule has 150 valence electrons. The van der Waals surface area contributed by atoms with E-state index in [1.165, 1.54) is 11.8 Å². The topological polar surface area (TPSA) is 75.5 Å². The third kappa shape index (κ3) is 3.93. The Hall–Kier alpha value is -3.00. The standard InChI is InChI=1S/C21H21N3O4S/c1-13(2)24-20(14-4-7-16(26-3)8-5-14)22-23-21(24)29-11-17(25)15-6-9-18-19(10-15)28-12-27-18/h4-10,13H,11-12H2,1-3H3. The molecule has 0 N–H and O–H groups in total. The number of methoxy groups -OCH3 is 1. The maximum atomic E-state index is 12.7. The van der Waals surface area contributed by atoms with E-state index >= 15 is 0 Å². The summed E-state index contributed by atoms with van der Waals surface area (Å²) in [5, 5.41) is 9.40. The van der Waals surface area contributed by atoms with E-state index in [4.69, 9.17) is 14.2 Å². The average molecular weight is 411 g/mol.